The molecule has 25 heavy (non-hydrogen) atoms. The van der Waals surface area contributed by atoms with Gasteiger partial charge in [-0.25, -0.2) is 4.98 Å². The number of carbonyl (C=O) groups excluding carboxylic acids is 1. The molecule has 7 heteroatoms. The zero-order valence-corrected chi connectivity index (χ0v) is 16.1. The van der Waals surface area contributed by atoms with Crippen LogP contribution in [-0.2, 0) is 0 Å². The van der Waals surface area contributed by atoms with Gasteiger partial charge in [0.15, 0.2) is 0 Å². The van der Waals surface area contributed by atoms with Gasteiger partial charge in [-0.3, -0.25) is 4.79 Å². The first kappa shape index (κ1) is 20.0. The van der Waals surface area contributed by atoms with Gasteiger partial charge in [0.2, 0.25) is 0 Å². The molecule has 0 radical (unpaired) electrons. The van der Waals surface area contributed by atoms with Crippen molar-refractivity contribution in [2.45, 2.75) is 25.3 Å². The van der Waals surface area contributed by atoms with Crippen molar-refractivity contribution in [3.05, 3.63) is 29.6 Å². The summed E-state index contributed by atoms with van der Waals surface area (Å²) >= 11 is 1.89. The number of hydrogen-bond donors (Lipinski definition) is 1. The van der Waals surface area contributed by atoms with Crippen molar-refractivity contribution >= 4 is 30.1 Å². The third-order valence-electron chi connectivity index (χ3n) is 4.95. The van der Waals surface area contributed by atoms with Crippen LogP contribution in [0.5, 0.6) is 0 Å². The number of nitrogens with zero attached hydrogens (tertiary/aromatic N) is 3. The van der Waals surface area contributed by atoms with Crippen LogP contribution in [0.2, 0.25) is 0 Å². The predicted molar refractivity (Wildman–Crippen MR) is 103 cm³/mol. The molecule has 1 aromatic rings. The highest BCUT2D eigenvalue weighted by atomic mass is 35.5. The van der Waals surface area contributed by atoms with Crippen molar-refractivity contribution < 1.29 is 4.79 Å². The predicted octanol–water partition coefficient (Wildman–Crippen LogP) is 2.57. The molecule has 2 heterocycles. The highest BCUT2D eigenvalue weighted by Crippen LogP contribution is 2.41. The number of rotatable bonds is 7. The van der Waals surface area contributed by atoms with Crippen LogP contribution in [0.15, 0.2) is 18.3 Å². The van der Waals surface area contributed by atoms with E-state index in [1.807, 2.05) is 17.8 Å². The largest absolute Gasteiger partial charge is 0.348 e. The number of aromatic nitrogens is 1. The fourth-order valence-corrected chi connectivity index (χ4v) is 3.95. The second-order valence-corrected chi connectivity index (χ2v) is 7.72. The summed E-state index contributed by atoms with van der Waals surface area (Å²) in [7, 11) is 0. The molecule has 1 amide bonds. The van der Waals surface area contributed by atoms with Gasteiger partial charge in [-0.05, 0) is 61.8 Å². The molecule has 0 spiro atoms. The smallest absolute Gasteiger partial charge is 0.253 e. The van der Waals surface area contributed by atoms with Crippen LogP contribution in [0.3, 0.4) is 0 Å². The van der Waals surface area contributed by atoms with E-state index < -0.39 is 0 Å². The first-order chi connectivity index (χ1) is 11.7. The molecule has 1 saturated heterocycles. The standard InChI is InChI=1S/C18H24N4OS.ClH/c1-24-8-2-7-22-11-16(13-3-4-13)17(12-22)21-18(23)14-5-6-15(9-19)20-10-14;/h5-6,10,13,16-17H,2-4,7-8,11-12H2,1H3,(H,21,23);1H/t16-,17+;/m1./s1. The number of hydrogen-bond acceptors (Lipinski definition) is 5. The maximum atomic E-state index is 12.5. The number of likely N-dealkylation sites (tertiary alicyclic amines) is 1. The summed E-state index contributed by atoms with van der Waals surface area (Å²) in [6.07, 6.45) is 7.44. The van der Waals surface area contributed by atoms with Crippen LogP contribution in [-0.4, -0.2) is 53.5 Å². The van der Waals surface area contributed by atoms with Crippen molar-refractivity contribution in [1.29, 1.82) is 5.26 Å². The Morgan fingerprint density at radius 3 is 2.84 bits per heavy atom. The second-order valence-electron chi connectivity index (χ2n) is 6.73. The van der Waals surface area contributed by atoms with E-state index in [-0.39, 0.29) is 24.4 Å². The lowest BCUT2D eigenvalue weighted by molar-refractivity contribution is 0.0927. The van der Waals surface area contributed by atoms with Gasteiger partial charge >= 0.3 is 0 Å². The normalized spacial score (nSPS) is 22.9. The van der Waals surface area contributed by atoms with Gasteiger partial charge in [0.25, 0.3) is 5.91 Å². The minimum absolute atomic E-state index is 0. The van der Waals surface area contributed by atoms with Crippen molar-refractivity contribution in [1.82, 2.24) is 15.2 Å². The molecule has 0 unspecified atom stereocenters. The summed E-state index contributed by atoms with van der Waals surface area (Å²) in [4.78, 5) is 19.0. The van der Waals surface area contributed by atoms with Crippen molar-refractivity contribution in [2.75, 3.05) is 31.6 Å². The lowest BCUT2D eigenvalue weighted by Crippen LogP contribution is -2.41. The molecule has 1 aliphatic heterocycles. The van der Waals surface area contributed by atoms with Gasteiger partial charge < -0.3 is 10.2 Å². The first-order valence-electron chi connectivity index (χ1n) is 8.59. The topological polar surface area (TPSA) is 69.0 Å². The molecule has 1 aromatic heterocycles. The molecule has 2 fully saturated rings. The molecule has 136 valence electrons. The molecule has 1 saturated carbocycles. The minimum Gasteiger partial charge on any atom is -0.348 e. The summed E-state index contributed by atoms with van der Waals surface area (Å²) in [5.41, 5.74) is 0.868. The summed E-state index contributed by atoms with van der Waals surface area (Å²) in [6, 6.07) is 5.48. The Bertz CT molecular complexity index is 614. The molecular formula is C18H25ClN4OS. The minimum atomic E-state index is -0.0754. The fourth-order valence-electron chi connectivity index (χ4n) is 3.53. The Labute approximate surface area is 160 Å². The van der Waals surface area contributed by atoms with E-state index >= 15 is 0 Å². The average molecular weight is 381 g/mol. The van der Waals surface area contributed by atoms with Crippen LogP contribution in [0, 0.1) is 23.2 Å². The zero-order chi connectivity index (χ0) is 16.9. The van der Waals surface area contributed by atoms with Gasteiger partial charge in [-0.15, -0.1) is 12.4 Å². The molecule has 5 nitrogen and oxygen atoms in total. The van der Waals surface area contributed by atoms with Crippen LogP contribution >= 0.6 is 24.2 Å². The lowest BCUT2D eigenvalue weighted by atomic mass is 9.98. The fraction of sp³-hybridized carbons (Fsp3) is 0.611. The Balaban J connectivity index is 0.00000225. The SMILES string of the molecule is CSCCCN1C[C@H](NC(=O)c2ccc(C#N)nc2)[C@@H](C2CC2)C1.Cl. The highest BCUT2D eigenvalue weighted by molar-refractivity contribution is 7.98. The molecule has 0 aromatic carbocycles. The van der Waals surface area contributed by atoms with Crippen LogP contribution in [0.25, 0.3) is 0 Å². The number of nitriles is 1. The van der Waals surface area contributed by atoms with E-state index in [0.29, 0.717) is 17.2 Å². The Morgan fingerprint density at radius 1 is 1.44 bits per heavy atom. The van der Waals surface area contributed by atoms with Crippen molar-refractivity contribution in [3.63, 3.8) is 0 Å². The summed E-state index contributed by atoms with van der Waals surface area (Å²) in [6.45, 7) is 3.18. The quantitative estimate of drug-likeness (QED) is 0.736. The number of thioether (sulfide) groups is 1. The molecule has 2 aliphatic rings. The maximum Gasteiger partial charge on any atom is 0.253 e. The molecule has 3 rings (SSSR count). The maximum absolute atomic E-state index is 12.5. The van der Waals surface area contributed by atoms with E-state index in [0.717, 1.165) is 25.6 Å². The van der Waals surface area contributed by atoms with Crippen LogP contribution in [0.4, 0.5) is 0 Å². The van der Waals surface area contributed by atoms with E-state index in [9.17, 15) is 4.79 Å². The molecule has 1 aliphatic carbocycles. The van der Waals surface area contributed by atoms with E-state index in [2.05, 4.69) is 21.5 Å². The molecule has 2 atom stereocenters. The lowest BCUT2D eigenvalue weighted by Gasteiger charge is -2.19. The summed E-state index contributed by atoms with van der Waals surface area (Å²) in [5, 5.41) is 12.0. The molecular weight excluding hydrogens is 356 g/mol. The van der Waals surface area contributed by atoms with Gasteiger partial charge in [0, 0.05) is 25.3 Å². The third kappa shape index (κ3) is 5.34. The summed E-state index contributed by atoms with van der Waals surface area (Å²) < 4.78 is 0. The zero-order valence-electron chi connectivity index (χ0n) is 14.5. The third-order valence-corrected chi connectivity index (χ3v) is 5.64. The van der Waals surface area contributed by atoms with Gasteiger partial charge in [-0.1, -0.05) is 0 Å². The molecule has 1 N–H and O–H groups in total. The van der Waals surface area contributed by atoms with Crippen LogP contribution in [0.1, 0.15) is 35.3 Å². The Hall–Kier alpha value is -1.29. The second kappa shape index (κ2) is 9.42. The Morgan fingerprint density at radius 2 is 2.24 bits per heavy atom. The number of amides is 1. The average Bonchev–Trinajstić information content (AvgIpc) is 3.37. The van der Waals surface area contributed by atoms with Crippen molar-refractivity contribution in [3.8, 4) is 6.07 Å². The number of nitrogens with one attached hydrogen (secondary N) is 1. The first-order valence-corrected chi connectivity index (χ1v) is 9.99. The number of carbonyl (C=O) groups is 1. The van der Waals surface area contributed by atoms with E-state index in [1.165, 1.54) is 31.2 Å². The van der Waals surface area contributed by atoms with Crippen LogP contribution < -0.4 is 5.32 Å². The summed E-state index contributed by atoms with van der Waals surface area (Å²) in [5.74, 6) is 2.47. The van der Waals surface area contributed by atoms with Gasteiger partial charge in [0.05, 0.1) is 5.56 Å². The van der Waals surface area contributed by atoms with Crippen molar-refractivity contribution in [2.24, 2.45) is 11.8 Å². The van der Waals surface area contributed by atoms with Gasteiger partial charge in [0.1, 0.15) is 11.8 Å². The van der Waals surface area contributed by atoms with E-state index in [1.54, 1.807) is 12.1 Å². The number of pyridine rings is 1. The van der Waals surface area contributed by atoms with Gasteiger partial charge in [-0.2, -0.15) is 17.0 Å². The molecule has 0 bridgehead atoms. The van der Waals surface area contributed by atoms with E-state index in [4.69, 9.17) is 5.26 Å². The highest BCUT2D eigenvalue weighted by Gasteiger charge is 2.42. The monoisotopic (exact) mass is 380 g/mol. The number of halogens is 1. The Kier molecular flexibility index (Phi) is 7.55.